The summed E-state index contributed by atoms with van der Waals surface area (Å²) in [6.45, 7) is 8.48. The zero-order valence-electron chi connectivity index (χ0n) is 13.1. The molecule has 21 heavy (non-hydrogen) atoms. The molecule has 3 rings (SSSR count). The molecule has 4 heteroatoms. The van der Waals surface area contributed by atoms with Crippen LogP contribution in [0.5, 0.6) is 5.75 Å². The first-order valence-electron chi connectivity index (χ1n) is 7.67. The van der Waals surface area contributed by atoms with Crippen LogP contribution >= 0.6 is 0 Å². The van der Waals surface area contributed by atoms with Gasteiger partial charge in [-0.3, -0.25) is 4.79 Å². The second-order valence-electron chi connectivity index (χ2n) is 6.88. The molecule has 1 aromatic rings. The SMILES string of the molecule is Cc1cc2c(cc1C)OC(C(=O)N1CCC(C)(CN)C1)C2. The normalized spacial score (nSPS) is 27.6. The van der Waals surface area contributed by atoms with Gasteiger partial charge in [0.05, 0.1) is 0 Å². The molecule has 2 unspecified atom stereocenters. The summed E-state index contributed by atoms with van der Waals surface area (Å²) in [5.41, 5.74) is 9.49. The molecule has 0 spiro atoms. The van der Waals surface area contributed by atoms with Crippen LogP contribution in [0.2, 0.25) is 0 Å². The minimum atomic E-state index is -0.360. The lowest BCUT2D eigenvalue weighted by molar-refractivity contribution is -0.137. The van der Waals surface area contributed by atoms with Crippen molar-refractivity contribution in [1.29, 1.82) is 0 Å². The van der Waals surface area contributed by atoms with Gasteiger partial charge in [-0.05, 0) is 55.0 Å². The van der Waals surface area contributed by atoms with Gasteiger partial charge in [0.15, 0.2) is 6.10 Å². The molecule has 0 radical (unpaired) electrons. The predicted octanol–water partition coefficient (Wildman–Crippen LogP) is 1.80. The topological polar surface area (TPSA) is 55.6 Å². The standard InChI is InChI=1S/C17H24N2O2/c1-11-6-13-8-15(21-14(13)7-12(11)2)16(20)19-5-4-17(3,9-18)10-19/h6-7,15H,4-5,8-10,18H2,1-3H3. The average molecular weight is 288 g/mol. The molecule has 1 saturated heterocycles. The first-order valence-corrected chi connectivity index (χ1v) is 7.67. The molecular formula is C17H24N2O2. The molecule has 2 aliphatic rings. The van der Waals surface area contributed by atoms with E-state index in [1.807, 2.05) is 11.0 Å². The van der Waals surface area contributed by atoms with Crippen LogP contribution in [-0.4, -0.2) is 36.5 Å². The Morgan fingerprint density at radius 1 is 1.43 bits per heavy atom. The first-order chi connectivity index (χ1) is 9.92. The Morgan fingerprint density at radius 2 is 2.14 bits per heavy atom. The molecule has 2 heterocycles. The number of fused-ring (bicyclic) bond motifs is 1. The average Bonchev–Trinajstić information content (AvgIpc) is 3.03. The Hall–Kier alpha value is -1.55. The van der Waals surface area contributed by atoms with Gasteiger partial charge < -0.3 is 15.4 Å². The first kappa shape index (κ1) is 14.4. The Balaban J connectivity index is 1.72. The van der Waals surface area contributed by atoms with E-state index < -0.39 is 0 Å². The molecule has 1 aromatic carbocycles. The number of carbonyl (C=O) groups is 1. The third-order valence-corrected chi connectivity index (χ3v) is 4.99. The second-order valence-corrected chi connectivity index (χ2v) is 6.88. The number of nitrogens with zero attached hydrogens (tertiary/aromatic N) is 1. The number of carbonyl (C=O) groups excluding carboxylic acids is 1. The fourth-order valence-electron chi connectivity index (χ4n) is 3.23. The zero-order valence-corrected chi connectivity index (χ0v) is 13.1. The third-order valence-electron chi connectivity index (χ3n) is 4.99. The van der Waals surface area contributed by atoms with E-state index in [1.54, 1.807) is 0 Å². The maximum atomic E-state index is 12.6. The van der Waals surface area contributed by atoms with E-state index in [0.29, 0.717) is 13.0 Å². The van der Waals surface area contributed by atoms with Gasteiger partial charge in [-0.1, -0.05) is 13.0 Å². The van der Waals surface area contributed by atoms with Gasteiger partial charge >= 0.3 is 0 Å². The molecule has 2 N–H and O–H groups in total. The summed E-state index contributed by atoms with van der Waals surface area (Å²) in [7, 11) is 0. The summed E-state index contributed by atoms with van der Waals surface area (Å²) in [5.74, 6) is 0.982. The van der Waals surface area contributed by atoms with Crippen LogP contribution in [0.1, 0.15) is 30.0 Å². The van der Waals surface area contributed by atoms with Crippen molar-refractivity contribution in [2.45, 2.75) is 39.7 Å². The van der Waals surface area contributed by atoms with E-state index in [4.69, 9.17) is 10.5 Å². The van der Waals surface area contributed by atoms with Gasteiger partial charge in [0.2, 0.25) is 0 Å². The van der Waals surface area contributed by atoms with Gasteiger partial charge in [-0.15, -0.1) is 0 Å². The molecular weight excluding hydrogens is 264 g/mol. The number of rotatable bonds is 2. The molecule has 1 fully saturated rings. The summed E-state index contributed by atoms with van der Waals surface area (Å²) < 4.78 is 5.90. The van der Waals surface area contributed by atoms with Crippen molar-refractivity contribution in [3.05, 3.63) is 28.8 Å². The van der Waals surface area contributed by atoms with E-state index in [1.165, 1.54) is 11.1 Å². The highest BCUT2D eigenvalue weighted by molar-refractivity contribution is 5.83. The van der Waals surface area contributed by atoms with Crippen molar-refractivity contribution in [3.8, 4) is 5.75 Å². The predicted molar refractivity (Wildman–Crippen MR) is 82.4 cm³/mol. The van der Waals surface area contributed by atoms with Crippen LogP contribution in [0.15, 0.2) is 12.1 Å². The number of amides is 1. The van der Waals surface area contributed by atoms with Crippen LogP contribution in [-0.2, 0) is 11.2 Å². The molecule has 0 aliphatic carbocycles. The molecule has 1 amide bonds. The van der Waals surface area contributed by atoms with E-state index in [0.717, 1.165) is 30.8 Å². The minimum Gasteiger partial charge on any atom is -0.480 e. The van der Waals surface area contributed by atoms with Crippen molar-refractivity contribution in [2.24, 2.45) is 11.1 Å². The highest BCUT2D eigenvalue weighted by atomic mass is 16.5. The molecule has 2 atom stereocenters. The van der Waals surface area contributed by atoms with Gasteiger partial charge in [0, 0.05) is 19.5 Å². The number of likely N-dealkylation sites (tertiary alicyclic amines) is 1. The lowest BCUT2D eigenvalue weighted by atomic mass is 9.90. The number of benzene rings is 1. The maximum Gasteiger partial charge on any atom is 0.264 e. The Kier molecular flexibility index (Phi) is 3.44. The zero-order chi connectivity index (χ0) is 15.2. The lowest BCUT2D eigenvalue weighted by Crippen LogP contribution is -2.41. The number of hydrogen-bond acceptors (Lipinski definition) is 3. The smallest absolute Gasteiger partial charge is 0.264 e. The molecule has 4 nitrogen and oxygen atoms in total. The van der Waals surface area contributed by atoms with Gasteiger partial charge in [0.25, 0.3) is 5.91 Å². The van der Waals surface area contributed by atoms with Crippen LogP contribution in [0.25, 0.3) is 0 Å². The third kappa shape index (κ3) is 2.53. The molecule has 0 aromatic heterocycles. The number of nitrogens with two attached hydrogens (primary N) is 1. The minimum absolute atomic E-state index is 0.0638. The van der Waals surface area contributed by atoms with E-state index in [2.05, 4.69) is 26.8 Å². The van der Waals surface area contributed by atoms with Crippen LogP contribution in [0, 0.1) is 19.3 Å². The van der Waals surface area contributed by atoms with Gasteiger partial charge in [-0.25, -0.2) is 0 Å². The summed E-state index contributed by atoms with van der Waals surface area (Å²) in [6.07, 6.45) is 1.31. The monoisotopic (exact) mass is 288 g/mol. The van der Waals surface area contributed by atoms with Gasteiger partial charge in [-0.2, -0.15) is 0 Å². The van der Waals surface area contributed by atoms with Crippen LogP contribution in [0.4, 0.5) is 0 Å². The van der Waals surface area contributed by atoms with Crippen molar-refractivity contribution < 1.29 is 9.53 Å². The lowest BCUT2D eigenvalue weighted by Gasteiger charge is -2.24. The maximum absolute atomic E-state index is 12.6. The van der Waals surface area contributed by atoms with Crippen molar-refractivity contribution in [3.63, 3.8) is 0 Å². The molecule has 0 bridgehead atoms. The van der Waals surface area contributed by atoms with E-state index >= 15 is 0 Å². The fraction of sp³-hybridized carbons (Fsp3) is 0.588. The second kappa shape index (κ2) is 5.02. The summed E-state index contributed by atoms with van der Waals surface area (Å²) in [5, 5.41) is 0. The highest BCUT2D eigenvalue weighted by Crippen LogP contribution is 2.34. The quantitative estimate of drug-likeness (QED) is 0.903. The van der Waals surface area contributed by atoms with E-state index in [9.17, 15) is 4.79 Å². The summed E-state index contributed by atoms with van der Waals surface area (Å²) in [6, 6.07) is 4.19. The van der Waals surface area contributed by atoms with Crippen LogP contribution < -0.4 is 10.5 Å². The fourth-order valence-corrected chi connectivity index (χ4v) is 3.23. The van der Waals surface area contributed by atoms with E-state index in [-0.39, 0.29) is 17.4 Å². The Labute approximate surface area is 126 Å². The van der Waals surface area contributed by atoms with Crippen molar-refractivity contribution in [2.75, 3.05) is 19.6 Å². The number of hydrogen-bond donors (Lipinski definition) is 1. The molecule has 114 valence electrons. The highest BCUT2D eigenvalue weighted by Gasteiger charge is 2.39. The van der Waals surface area contributed by atoms with Crippen molar-refractivity contribution >= 4 is 5.91 Å². The largest absolute Gasteiger partial charge is 0.480 e. The number of aryl methyl sites for hydroxylation is 2. The number of ether oxygens (including phenoxy) is 1. The molecule has 2 aliphatic heterocycles. The van der Waals surface area contributed by atoms with Crippen molar-refractivity contribution in [1.82, 2.24) is 4.90 Å². The summed E-state index contributed by atoms with van der Waals surface area (Å²) in [4.78, 5) is 14.6. The Morgan fingerprint density at radius 3 is 2.81 bits per heavy atom. The summed E-state index contributed by atoms with van der Waals surface area (Å²) >= 11 is 0. The molecule has 0 saturated carbocycles. The van der Waals surface area contributed by atoms with Gasteiger partial charge in [0.1, 0.15) is 5.75 Å². The van der Waals surface area contributed by atoms with Crippen LogP contribution in [0.3, 0.4) is 0 Å². The Bertz CT molecular complexity index is 553.